The predicted molar refractivity (Wildman–Crippen MR) is 289 cm³/mol. The van der Waals surface area contributed by atoms with Crippen molar-refractivity contribution in [3.63, 3.8) is 0 Å². The molecule has 3 atom stereocenters. The van der Waals surface area contributed by atoms with Gasteiger partial charge in [0, 0.05) is 6.42 Å². The summed E-state index contributed by atoms with van der Waals surface area (Å²) in [6, 6.07) is -0.794. The van der Waals surface area contributed by atoms with Crippen molar-refractivity contribution in [2.24, 2.45) is 0 Å². The van der Waals surface area contributed by atoms with E-state index in [1.807, 2.05) is 21.1 Å². The van der Waals surface area contributed by atoms with Crippen molar-refractivity contribution in [3.8, 4) is 0 Å². The van der Waals surface area contributed by atoms with Crippen LogP contribution in [0.5, 0.6) is 0 Å². The summed E-state index contributed by atoms with van der Waals surface area (Å²) >= 11 is 0. The molecule has 0 spiro atoms. The molecule has 67 heavy (non-hydrogen) atoms. The van der Waals surface area contributed by atoms with E-state index in [1.54, 1.807) is 0 Å². The Morgan fingerprint density at radius 1 is 0.463 bits per heavy atom. The molecule has 0 rings (SSSR count). The van der Waals surface area contributed by atoms with Crippen molar-refractivity contribution >= 4 is 13.7 Å². The van der Waals surface area contributed by atoms with Crippen molar-refractivity contribution in [2.75, 3.05) is 40.9 Å². The third-order valence-corrected chi connectivity index (χ3v) is 15.1. The van der Waals surface area contributed by atoms with Gasteiger partial charge in [0.15, 0.2) is 0 Å². The predicted octanol–water partition coefficient (Wildman–Crippen LogP) is 17.4. The van der Waals surface area contributed by atoms with Crippen LogP contribution in [0.25, 0.3) is 0 Å². The fourth-order valence-corrected chi connectivity index (χ4v) is 10.1. The van der Waals surface area contributed by atoms with Crippen molar-refractivity contribution in [1.82, 2.24) is 5.32 Å². The van der Waals surface area contributed by atoms with Gasteiger partial charge in [-0.25, -0.2) is 0 Å². The molecule has 0 aromatic carbocycles. The SMILES string of the molecule is CCCCCCCCCCCCCCCCCCCCCCCCCCCCCCCCC(=O)N[C@@H](COP(=O)([O-])OCC[N+](C)(C)C)[C@H](O)CCCCCCCCCCCCCCCCC. The largest absolute Gasteiger partial charge is 0.756 e. The number of quaternary nitrogens is 1. The summed E-state index contributed by atoms with van der Waals surface area (Å²) in [6.45, 7) is 4.77. The van der Waals surface area contributed by atoms with E-state index in [2.05, 4.69) is 19.2 Å². The van der Waals surface area contributed by atoms with Gasteiger partial charge in [-0.15, -0.1) is 0 Å². The highest BCUT2D eigenvalue weighted by Gasteiger charge is 2.24. The summed E-state index contributed by atoms with van der Waals surface area (Å²) in [7, 11) is 1.32. The number of likely N-dealkylation sites (N-methyl/N-ethyl adjacent to an activating group) is 1. The van der Waals surface area contributed by atoms with Crippen LogP contribution in [-0.4, -0.2) is 68.5 Å². The molecule has 0 radical (unpaired) electrons. The molecule has 0 bridgehead atoms. The van der Waals surface area contributed by atoms with E-state index in [0.717, 1.165) is 38.5 Å². The summed E-state index contributed by atoms with van der Waals surface area (Å²) < 4.78 is 23.4. The molecular formula is C58H119N2O6P. The first-order valence-electron chi connectivity index (χ1n) is 29.9. The average molecular weight is 972 g/mol. The molecule has 0 aromatic heterocycles. The van der Waals surface area contributed by atoms with E-state index < -0.39 is 20.0 Å². The topological polar surface area (TPSA) is 108 Å². The number of phosphoric acid groups is 1. The fraction of sp³-hybridized carbons (Fsp3) is 0.983. The van der Waals surface area contributed by atoms with Gasteiger partial charge >= 0.3 is 0 Å². The fourth-order valence-electron chi connectivity index (χ4n) is 9.40. The van der Waals surface area contributed by atoms with Gasteiger partial charge in [-0.2, -0.15) is 0 Å². The van der Waals surface area contributed by atoms with E-state index in [1.165, 1.54) is 250 Å². The smallest absolute Gasteiger partial charge is 0.268 e. The number of aliphatic hydroxyl groups excluding tert-OH is 1. The highest BCUT2D eigenvalue weighted by molar-refractivity contribution is 7.45. The van der Waals surface area contributed by atoms with Crippen LogP contribution in [0.4, 0.5) is 0 Å². The zero-order valence-corrected chi connectivity index (χ0v) is 46.8. The van der Waals surface area contributed by atoms with Gasteiger partial charge < -0.3 is 28.8 Å². The van der Waals surface area contributed by atoms with E-state index in [9.17, 15) is 19.4 Å². The standard InChI is InChI=1S/C58H119N2O6P/c1-6-8-10-12-14-16-18-20-22-23-24-25-26-27-28-29-30-31-32-33-34-35-36-38-40-42-44-46-48-50-52-58(62)59-56(55-66-67(63,64)65-54-53-60(3,4)5)57(61)51-49-47-45-43-41-39-37-21-19-17-15-13-11-9-7-2/h56-57,61H,6-55H2,1-5H3,(H-,59,62,63,64)/t56-,57+/m0/s1. The van der Waals surface area contributed by atoms with Crippen LogP contribution in [0.2, 0.25) is 0 Å². The van der Waals surface area contributed by atoms with Crippen LogP contribution in [0, 0.1) is 0 Å². The van der Waals surface area contributed by atoms with Gasteiger partial charge in [-0.3, -0.25) is 9.36 Å². The minimum absolute atomic E-state index is 0.0165. The zero-order valence-electron chi connectivity index (χ0n) is 45.9. The third kappa shape index (κ3) is 53.1. The first-order chi connectivity index (χ1) is 32.5. The first-order valence-corrected chi connectivity index (χ1v) is 31.3. The molecule has 0 fully saturated rings. The Hall–Kier alpha value is -0.500. The molecule has 8 nitrogen and oxygen atoms in total. The van der Waals surface area contributed by atoms with Gasteiger partial charge in [0.1, 0.15) is 13.2 Å². The number of rotatable bonds is 56. The van der Waals surface area contributed by atoms with Crippen LogP contribution in [0.15, 0.2) is 0 Å². The monoisotopic (exact) mass is 971 g/mol. The molecule has 0 saturated heterocycles. The molecule has 2 N–H and O–H groups in total. The van der Waals surface area contributed by atoms with Crippen LogP contribution in [-0.2, 0) is 18.4 Å². The Balaban J connectivity index is 3.99. The molecule has 0 heterocycles. The molecule has 0 saturated carbocycles. The number of amides is 1. The molecule has 0 aliphatic rings. The summed E-state index contributed by atoms with van der Waals surface area (Å²) in [5, 5.41) is 14.0. The number of phosphoric ester groups is 1. The van der Waals surface area contributed by atoms with E-state index in [4.69, 9.17) is 9.05 Å². The zero-order chi connectivity index (χ0) is 49.2. The molecule has 1 amide bonds. The second-order valence-electron chi connectivity index (χ2n) is 22.1. The molecular weight excluding hydrogens is 852 g/mol. The number of unbranched alkanes of at least 4 members (excludes halogenated alkanes) is 43. The van der Waals surface area contributed by atoms with Crippen LogP contribution >= 0.6 is 7.82 Å². The van der Waals surface area contributed by atoms with Crippen molar-refractivity contribution in [2.45, 2.75) is 328 Å². The summed E-state index contributed by atoms with van der Waals surface area (Å²) in [5.41, 5.74) is 0. The van der Waals surface area contributed by atoms with E-state index >= 15 is 0 Å². The normalized spacial score (nSPS) is 13.8. The molecule has 0 aliphatic carbocycles. The van der Waals surface area contributed by atoms with E-state index in [-0.39, 0.29) is 19.1 Å². The lowest BCUT2D eigenvalue weighted by molar-refractivity contribution is -0.870. The Kier molecular flexibility index (Phi) is 50.1. The maximum atomic E-state index is 13.0. The number of nitrogens with one attached hydrogen (secondary N) is 1. The van der Waals surface area contributed by atoms with E-state index in [0.29, 0.717) is 23.9 Å². The maximum Gasteiger partial charge on any atom is 0.268 e. The number of carbonyl (C=O) groups is 1. The van der Waals surface area contributed by atoms with Crippen LogP contribution < -0.4 is 10.2 Å². The molecule has 9 heteroatoms. The van der Waals surface area contributed by atoms with Crippen LogP contribution in [0.1, 0.15) is 316 Å². The number of hydrogen-bond donors (Lipinski definition) is 2. The van der Waals surface area contributed by atoms with Crippen LogP contribution in [0.3, 0.4) is 0 Å². The van der Waals surface area contributed by atoms with Crippen molar-refractivity contribution in [1.29, 1.82) is 0 Å². The van der Waals surface area contributed by atoms with Gasteiger partial charge in [0.25, 0.3) is 7.82 Å². The number of carbonyl (C=O) groups excluding carboxylic acids is 1. The molecule has 402 valence electrons. The summed E-state index contributed by atoms with van der Waals surface area (Å²) in [6.07, 6.45) is 60.1. The molecule has 0 aliphatic heterocycles. The Bertz CT molecular complexity index is 1060. The lowest BCUT2D eigenvalue weighted by atomic mass is 10.0. The van der Waals surface area contributed by atoms with Gasteiger partial charge in [-0.05, 0) is 12.8 Å². The van der Waals surface area contributed by atoms with Crippen molar-refractivity contribution in [3.05, 3.63) is 0 Å². The highest BCUT2D eigenvalue weighted by atomic mass is 31.2. The molecule has 0 aromatic rings. The van der Waals surface area contributed by atoms with Gasteiger partial charge in [-0.1, -0.05) is 296 Å². The second-order valence-corrected chi connectivity index (χ2v) is 23.5. The van der Waals surface area contributed by atoms with Gasteiger partial charge in [0.2, 0.25) is 5.91 Å². The number of nitrogens with zero attached hydrogens (tertiary/aromatic N) is 1. The number of aliphatic hydroxyl groups is 1. The Morgan fingerprint density at radius 2 is 0.731 bits per heavy atom. The average Bonchev–Trinajstić information content (AvgIpc) is 3.29. The first kappa shape index (κ1) is 66.5. The minimum Gasteiger partial charge on any atom is -0.756 e. The lowest BCUT2D eigenvalue weighted by Crippen LogP contribution is -2.46. The number of hydrogen-bond acceptors (Lipinski definition) is 6. The lowest BCUT2D eigenvalue weighted by Gasteiger charge is -2.30. The summed E-state index contributed by atoms with van der Waals surface area (Å²) in [5.74, 6) is -0.156. The minimum atomic E-state index is -4.57. The maximum absolute atomic E-state index is 13.0. The second kappa shape index (κ2) is 50.4. The Labute approximate surface area is 419 Å². The quantitative estimate of drug-likeness (QED) is 0.0357. The van der Waals surface area contributed by atoms with Crippen molar-refractivity contribution < 1.29 is 32.9 Å². The highest BCUT2D eigenvalue weighted by Crippen LogP contribution is 2.38. The third-order valence-electron chi connectivity index (χ3n) is 14.1. The van der Waals surface area contributed by atoms with Gasteiger partial charge in [0.05, 0.1) is 39.9 Å². The molecule has 1 unspecified atom stereocenters. The summed E-state index contributed by atoms with van der Waals surface area (Å²) in [4.78, 5) is 25.5. The Morgan fingerprint density at radius 3 is 1.01 bits per heavy atom.